The van der Waals surface area contributed by atoms with Crippen LogP contribution in [0.2, 0.25) is 0 Å². The molecule has 0 amide bonds. The molecule has 1 aliphatic rings. The van der Waals surface area contributed by atoms with Gasteiger partial charge in [-0.3, -0.25) is 9.59 Å². The normalized spacial score (nSPS) is 19.1. The SMILES string of the molecule is O=C1C[C@H](c2ccco2)Cc2[nH]c(=O)ccc21. The topological polar surface area (TPSA) is 63.1 Å². The highest BCUT2D eigenvalue weighted by Crippen LogP contribution is 2.31. The third-order valence-electron chi connectivity index (χ3n) is 3.13. The summed E-state index contributed by atoms with van der Waals surface area (Å²) in [6.07, 6.45) is 2.68. The molecule has 2 aromatic rings. The zero-order chi connectivity index (χ0) is 11.8. The second-order valence-corrected chi connectivity index (χ2v) is 4.26. The third-order valence-corrected chi connectivity index (χ3v) is 3.13. The monoisotopic (exact) mass is 229 g/mol. The molecule has 0 radical (unpaired) electrons. The van der Waals surface area contributed by atoms with Crippen LogP contribution >= 0.6 is 0 Å². The molecule has 3 rings (SSSR count). The summed E-state index contributed by atoms with van der Waals surface area (Å²) >= 11 is 0. The summed E-state index contributed by atoms with van der Waals surface area (Å²) in [4.78, 5) is 25.9. The maximum absolute atomic E-state index is 11.9. The van der Waals surface area contributed by atoms with Crippen LogP contribution in [0.4, 0.5) is 0 Å². The van der Waals surface area contributed by atoms with Gasteiger partial charge in [0.25, 0.3) is 0 Å². The molecule has 17 heavy (non-hydrogen) atoms. The predicted octanol–water partition coefficient (Wildman–Crippen LogP) is 1.88. The lowest BCUT2D eigenvalue weighted by atomic mass is 9.84. The number of furan rings is 1. The molecule has 1 atom stereocenters. The Bertz CT molecular complexity index is 610. The van der Waals surface area contributed by atoms with Crippen molar-refractivity contribution in [2.75, 3.05) is 0 Å². The van der Waals surface area contributed by atoms with Gasteiger partial charge in [0.1, 0.15) is 5.76 Å². The Labute approximate surface area is 97.3 Å². The van der Waals surface area contributed by atoms with E-state index in [0.717, 1.165) is 11.5 Å². The molecule has 0 unspecified atom stereocenters. The number of hydrogen-bond donors (Lipinski definition) is 1. The van der Waals surface area contributed by atoms with Gasteiger partial charge in [0.15, 0.2) is 5.78 Å². The lowest BCUT2D eigenvalue weighted by Gasteiger charge is -2.21. The second-order valence-electron chi connectivity index (χ2n) is 4.26. The van der Waals surface area contributed by atoms with Gasteiger partial charge in [0, 0.05) is 29.7 Å². The van der Waals surface area contributed by atoms with Crippen molar-refractivity contribution in [2.45, 2.75) is 18.8 Å². The van der Waals surface area contributed by atoms with E-state index in [1.54, 1.807) is 12.3 Å². The Morgan fingerprint density at radius 3 is 2.82 bits per heavy atom. The highest BCUT2D eigenvalue weighted by Gasteiger charge is 2.28. The first-order chi connectivity index (χ1) is 8.24. The number of fused-ring (bicyclic) bond motifs is 1. The van der Waals surface area contributed by atoms with E-state index in [1.165, 1.54) is 6.07 Å². The Hall–Kier alpha value is -2.10. The number of pyridine rings is 1. The standard InChI is InChI=1S/C13H11NO3/c15-11-7-8(12-2-1-5-17-12)6-10-9(11)3-4-13(16)14-10/h1-5,8H,6-7H2,(H,14,16)/t8-/m1/s1. The fourth-order valence-electron chi connectivity index (χ4n) is 2.32. The number of rotatable bonds is 1. The smallest absolute Gasteiger partial charge is 0.248 e. The van der Waals surface area contributed by atoms with Crippen molar-refractivity contribution in [3.63, 3.8) is 0 Å². The van der Waals surface area contributed by atoms with Gasteiger partial charge in [0.05, 0.1) is 6.26 Å². The average Bonchev–Trinajstić information content (AvgIpc) is 2.81. The molecule has 86 valence electrons. The number of aromatic amines is 1. The Morgan fingerprint density at radius 1 is 1.18 bits per heavy atom. The van der Waals surface area contributed by atoms with Crippen molar-refractivity contribution in [3.8, 4) is 0 Å². The van der Waals surface area contributed by atoms with Crippen molar-refractivity contribution in [1.82, 2.24) is 4.98 Å². The zero-order valence-corrected chi connectivity index (χ0v) is 9.10. The Kier molecular flexibility index (Phi) is 2.21. The van der Waals surface area contributed by atoms with Crippen LogP contribution < -0.4 is 5.56 Å². The number of H-pyrrole nitrogens is 1. The average molecular weight is 229 g/mol. The number of nitrogens with one attached hydrogen (secondary N) is 1. The van der Waals surface area contributed by atoms with Gasteiger partial charge < -0.3 is 9.40 Å². The molecule has 0 aliphatic heterocycles. The van der Waals surface area contributed by atoms with Crippen LogP contribution in [0.3, 0.4) is 0 Å². The summed E-state index contributed by atoms with van der Waals surface area (Å²) in [7, 11) is 0. The quantitative estimate of drug-likeness (QED) is 0.812. The number of ketones is 1. The molecule has 2 aromatic heterocycles. The van der Waals surface area contributed by atoms with Gasteiger partial charge in [-0.15, -0.1) is 0 Å². The summed E-state index contributed by atoms with van der Waals surface area (Å²) in [6, 6.07) is 6.67. The molecule has 0 fully saturated rings. The Balaban J connectivity index is 2.02. The van der Waals surface area contributed by atoms with E-state index in [2.05, 4.69) is 4.98 Å². The van der Waals surface area contributed by atoms with Crippen molar-refractivity contribution < 1.29 is 9.21 Å². The molecule has 0 bridgehead atoms. The minimum absolute atomic E-state index is 0.0306. The molecule has 4 nitrogen and oxygen atoms in total. The second kappa shape index (κ2) is 3.73. The van der Waals surface area contributed by atoms with E-state index in [9.17, 15) is 9.59 Å². The highest BCUT2D eigenvalue weighted by molar-refractivity contribution is 5.98. The molecule has 1 aliphatic carbocycles. The van der Waals surface area contributed by atoms with Crippen molar-refractivity contribution in [3.05, 3.63) is 57.9 Å². The van der Waals surface area contributed by atoms with Crippen molar-refractivity contribution in [1.29, 1.82) is 0 Å². The van der Waals surface area contributed by atoms with Crippen LogP contribution in [0, 0.1) is 0 Å². The van der Waals surface area contributed by atoms with E-state index in [-0.39, 0.29) is 17.3 Å². The number of carbonyl (C=O) groups is 1. The molecule has 2 heterocycles. The van der Waals surface area contributed by atoms with E-state index in [0.29, 0.717) is 18.4 Å². The van der Waals surface area contributed by atoms with Gasteiger partial charge in [0.2, 0.25) is 5.56 Å². The molecule has 0 saturated carbocycles. The third kappa shape index (κ3) is 1.71. The highest BCUT2D eigenvalue weighted by atomic mass is 16.3. The van der Waals surface area contributed by atoms with Crippen LogP contribution in [-0.2, 0) is 6.42 Å². The van der Waals surface area contributed by atoms with E-state index in [1.807, 2.05) is 12.1 Å². The van der Waals surface area contributed by atoms with E-state index in [4.69, 9.17) is 4.42 Å². The van der Waals surface area contributed by atoms with Gasteiger partial charge in [-0.05, 0) is 24.6 Å². The fourth-order valence-corrected chi connectivity index (χ4v) is 2.32. The molecular weight excluding hydrogens is 218 g/mol. The maximum atomic E-state index is 11.9. The van der Waals surface area contributed by atoms with Gasteiger partial charge in [-0.25, -0.2) is 0 Å². The van der Waals surface area contributed by atoms with Crippen molar-refractivity contribution >= 4 is 5.78 Å². The first-order valence-electron chi connectivity index (χ1n) is 5.53. The summed E-state index contributed by atoms with van der Waals surface area (Å²) in [5.41, 5.74) is 1.18. The lowest BCUT2D eigenvalue weighted by molar-refractivity contribution is 0.0959. The number of aromatic nitrogens is 1. The Morgan fingerprint density at radius 2 is 2.06 bits per heavy atom. The first kappa shape index (κ1) is 10.1. The minimum atomic E-state index is -0.170. The largest absolute Gasteiger partial charge is 0.469 e. The maximum Gasteiger partial charge on any atom is 0.248 e. The molecular formula is C13H11NO3. The van der Waals surface area contributed by atoms with Gasteiger partial charge >= 0.3 is 0 Å². The summed E-state index contributed by atoms with van der Waals surface area (Å²) < 4.78 is 5.32. The summed E-state index contributed by atoms with van der Waals surface area (Å²) in [6.45, 7) is 0. The number of hydrogen-bond acceptors (Lipinski definition) is 3. The van der Waals surface area contributed by atoms with Crippen LogP contribution in [0.25, 0.3) is 0 Å². The number of Topliss-reactive ketones (excluding diaryl/α,β-unsaturated/α-hetero) is 1. The van der Waals surface area contributed by atoms with Crippen LogP contribution in [-0.4, -0.2) is 10.8 Å². The molecule has 0 saturated heterocycles. The molecule has 0 aromatic carbocycles. The predicted molar refractivity (Wildman–Crippen MR) is 61.2 cm³/mol. The van der Waals surface area contributed by atoms with Gasteiger partial charge in [-0.2, -0.15) is 0 Å². The molecule has 1 N–H and O–H groups in total. The van der Waals surface area contributed by atoms with Crippen molar-refractivity contribution in [2.24, 2.45) is 0 Å². The zero-order valence-electron chi connectivity index (χ0n) is 9.10. The summed E-state index contributed by atoms with van der Waals surface area (Å²) in [5.74, 6) is 0.889. The minimum Gasteiger partial charge on any atom is -0.469 e. The van der Waals surface area contributed by atoms with E-state index >= 15 is 0 Å². The lowest BCUT2D eigenvalue weighted by Crippen LogP contribution is -2.23. The summed E-state index contributed by atoms with van der Waals surface area (Å²) in [5, 5.41) is 0. The van der Waals surface area contributed by atoms with Crippen LogP contribution in [0.15, 0.2) is 39.7 Å². The van der Waals surface area contributed by atoms with Gasteiger partial charge in [-0.1, -0.05) is 0 Å². The fraction of sp³-hybridized carbons (Fsp3) is 0.231. The van der Waals surface area contributed by atoms with E-state index < -0.39 is 0 Å². The van der Waals surface area contributed by atoms with Crippen LogP contribution in [0.1, 0.15) is 34.2 Å². The van der Waals surface area contributed by atoms with Crippen LogP contribution in [0.5, 0.6) is 0 Å². The molecule has 0 spiro atoms. The first-order valence-corrected chi connectivity index (χ1v) is 5.53. The number of carbonyl (C=O) groups excluding carboxylic acids is 1. The molecule has 4 heteroatoms.